The minimum absolute atomic E-state index is 0.357. The first-order valence-electron chi connectivity index (χ1n) is 6.83. The van der Waals surface area contributed by atoms with Crippen molar-refractivity contribution < 1.29 is 13.2 Å². The summed E-state index contributed by atoms with van der Waals surface area (Å²) in [5.74, 6) is 0.751. The molecule has 2 rings (SSSR count). The van der Waals surface area contributed by atoms with Crippen LogP contribution in [-0.4, -0.2) is 46.0 Å². The van der Waals surface area contributed by atoms with Gasteiger partial charge in [0.25, 0.3) is 0 Å². The summed E-state index contributed by atoms with van der Waals surface area (Å²) in [5, 5.41) is 3.22. The van der Waals surface area contributed by atoms with Crippen molar-refractivity contribution in [1.29, 1.82) is 0 Å². The van der Waals surface area contributed by atoms with Crippen molar-refractivity contribution in [2.45, 2.75) is 25.2 Å². The molecule has 0 bridgehead atoms. The molecule has 20 heavy (non-hydrogen) atoms. The summed E-state index contributed by atoms with van der Waals surface area (Å²) in [5.41, 5.74) is 1.69. The molecule has 112 valence electrons. The van der Waals surface area contributed by atoms with Gasteiger partial charge in [0.05, 0.1) is 12.0 Å². The van der Waals surface area contributed by atoms with Gasteiger partial charge in [0.2, 0.25) is 10.0 Å². The van der Waals surface area contributed by atoms with Crippen molar-refractivity contribution in [3.63, 3.8) is 0 Å². The van der Waals surface area contributed by atoms with E-state index in [0.717, 1.165) is 29.8 Å². The highest BCUT2D eigenvalue weighted by atomic mass is 32.2. The molecule has 5 nitrogen and oxygen atoms in total. The predicted octanol–water partition coefficient (Wildman–Crippen LogP) is 1.30. The maximum absolute atomic E-state index is 12.7. The van der Waals surface area contributed by atoms with Gasteiger partial charge in [0, 0.05) is 19.6 Å². The second kappa shape index (κ2) is 6.11. The van der Waals surface area contributed by atoms with Crippen LogP contribution < -0.4 is 10.1 Å². The van der Waals surface area contributed by atoms with Gasteiger partial charge in [0.15, 0.2) is 0 Å². The molecule has 0 aliphatic carbocycles. The molecule has 1 aliphatic heterocycles. The van der Waals surface area contributed by atoms with Crippen LogP contribution in [0.2, 0.25) is 0 Å². The molecule has 1 N–H and O–H groups in total. The second-order valence-electron chi connectivity index (χ2n) is 5.10. The lowest BCUT2D eigenvalue weighted by Gasteiger charge is -2.21. The quantitative estimate of drug-likeness (QED) is 0.914. The van der Waals surface area contributed by atoms with E-state index in [1.54, 1.807) is 23.5 Å². The molecule has 1 saturated heterocycles. The fourth-order valence-electron chi connectivity index (χ4n) is 2.59. The summed E-state index contributed by atoms with van der Waals surface area (Å²) < 4.78 is 32.3. The van der Waals surface area contributed by atoms with Gasteiger partial charge in [-0.3, -0.25) is 0 Å². The molecule has 1 aliphatic rings. The Morgan fingerprint density at radius 3 is 2.40 bits per heavy atom. The number of benzene rings is 1. The van der Waals surface area contributed by atoms with Crippen LogP contribution in [0.3, 0.4) is 0 Å². The summed E-state index contributed by atoms with van der Waals surface area (Å²) >= 11 is 0. The van der Waals surface area contributed by atoms with E-state index in [1.165, 1.54) is 0 Å². The smallest absolute Gasteiger partial charge is 0.243 e. The molecule has 6 heteroatoms. The number of sulfonamides is 1. The lowest BCUT2D eigenvalue weighted by atomic mass is 10.1. The van der Waals surface area contributed by atoms with E-state index >= 15 is 0 Å². The summed E-state index contributed by atoms with van der Waals surface area (Å²) in [6, 6.07) is 3.39. The number of nitrogens with one attached hydrogen (secondary N) is 1. The van der Waals surface area contributed by atoms with Crippen LogP contribution in [-0.2, 0) is 10.0 Å². The molecule has 0 saturated carbocycles. The molecular formula is C14H22N2O3S. The van der Waals surface area contributed by atoms with Crippen molar-refractivity contribution in [3.05, 3.63) is 23.3 Å². The van der Waals surface area contributed by atoms with Crippen LogP contribution in [0, 0.1) is 13.8 Å². The van der Waals surface area contributed by atoms with Crippen LogP contribution in [0.4, 0.5) is 0 Å². The van der Waals surface area contributed by atoms with Crippen molar-refractivity contribution in [2.75, 3.05) is 33.3 Å². The predicted molar refractivity (Wildman–Crippen MR) is 78.7 cm³/mol. The van der Waals surface area contributed by atoms with Crippen LogP contribution >= 0.6 is 0 Å². The summed E-state index contributed by atoms with van der Waals surface area (Å²) in [6.07, 6.45) is 0.841. The molecule has 0 aromatic heterocycles. The highest BCUT2D eigenvalue weighted by Gasteiger charge is 2.26. The molecular weight excluding hydrogens is 276 g/mol. The standard InChI is InChI=1S/C14H22N2O3S/c1-11-9-13(10-12(2)14(11)19-3)20(17,18)16-7-4-5-15-6-8-16/h9-10,15H,4-8H2,1-3H3. The van der Waals surface area contributed by atoms with E-state index in [4.69, 9.17) is 4.74 Å². The van der Waals surface area contributed by atoms with E-state index in [0.29, 0.717) is 24.5 Å². The minimum atomic E-state index is -3.42. The van der Waals surface area contributed by atoms with Gasteiger partial charge in [-0.2, -0.15) is 4.31 Å². The average Bonchev–Trinajstić information content (AvgIpc) is 2.67. The zero-order valence-electron chi connectivity index (χ0n) is 12.3. The lowest BCUT2D eigenvalue weighted by molar-refractivity contribution is 0.407. The van der Waals surface area contributed by atoms with Gasteiger partial charge < -0.3 is 10.1 Å². The fourth-order valence-corrected chi connectivity index (χ4v) is 4.24. The summed E-state index contributed by atoms with van der Waals surface area (Å²) in [7, 11) is -1.82. The third kappa shape index (κ3) is 2.97. The first-order valence-corrected chi connectivity index (χ1v) is 8.27. The van der Waals surface area contributed by atoms with Crippen molar-refractivity contribution in [1.82, 2.24) is 9.62 Å². The Hall–Kier alpha value is -1.11. The third-order valence-electron chi connectivity index (χ3n) is 3.57. The molecule has 0 spiro atoms. The molecule has 1 aromatic carbocycles. The Morgan fingerprint density at radius 2 is 1.80 bits per heavy atom. The van der Waals surface area contributed by atoms with E-state index in [1.807, 2.05) is 13.8 Å². The van der Waals surface area contributed by atoms with Gasteiger partial charge in [0.1, 0.15) is 5.75 Å². The summed E-state index contributed by atoms with van der Waals surface area (Å²) in [6.45, 7) is 6.40. The monoisotopic (exact) mass is 298 g/mol. The topological polar surface area (TPSA) is 58.6 Å². The molecule has 0 amide bonds. The molecule has 1 aromatic rings. The number of ether oxygens (including phenoxy) is 1. The Labute approximate surface area is 121 Å². The minimum Gasteiger partial charge on any atom is -0.496 e. The largest absolute Gasteiger partial charge is 0.496 e. The number of hydrogen-bond acceptors (Lipinski definition) is 4. The van der Waals surface area contributed by atoms with Crippen LogP contribution in [0.25, 0.3) is 0 Å². The first-order chi connectivity index (χ1) is 9.46. The SMILES string of the molecule is COc1c(C)cc(S(=O)(=O)N2CCCNCC2)cc1C. The van der Waals surface area contributed by atoms with Crippen LogP contribution in [0.1, 0.15) is 17.5 Å². The van der Waals surface area contributed by atoms with Crippen molar-refractivity contribution in [3.8, 4) is 5.75 Å². The Bertz CT molecular complexity index is 553. The van der Waals surface area contributed by atoms with E-state index in [9.17, 15) is 8.42 Å². The number of aryl methyl sites for hydroxylation is 2. The van der Waals surface area contributed by atoms with Gasteiger partial charge in [-0.1, -0.05) is 0 Å². The number of nitrogens with zero attached hydrogens (tertiary/aromatic N) is 1. The van der Waals surface area contributed by atoms with Gasteiger partial charge in [-0.15, -0.1) is 0 Å². The van der Waals surface area contributed by atoms with Gasteiger partial charge in [-0.25, -0.2) is 8.42 Å². The fraction of sp³-hybridized carbons (Fsp3) is 0.571. The van der Waals surface area contributed by atoms with E-state index in [2.05, 4.69) is 5.32 Å². The van der Waals surface area contributed by atoms with E-state index < -0.39 is 10.0 Å². The maximum Gasteiger partial charge on any atom is 0.243 e. The van der Waals surface area contributed by atoms with Crippen LogP contribution in [0.15, 0.2) is 17.0 Å². The molecule has 1 heterocycles. The Kier molecular flexibility index (Phi) is 4.67. The third-order valence-corrected chi connectivity index (χ3v) is 5.45. The van der Waals surface area contributed by atoms with E-state index in [-0.39, 0.29) is 0 Å². The zero-order chi connectivity index (χ0) is 14.8. The van der Waals surface area contributed by atoms with Gasteiger partial charge >= 0.3 is 0 Å². The number of hydrogen-bond donors (Lipinski definition) is 1. The molecule has 0 radical (unpaired) electrons. The average molecular weight is 298 g/mol. The highest BCUT2D eigenvalue weighted by molar-refractivity contribution is 7.89. The van der Waals surface area contributed by atoms with Crippen molar-refractivity contribution in [2.24, 2.45) is 0 Å². The number of methoxy groups -OCH3 is 1. The lowest BCUT2D eigenvalue weighted by Crippen LogP contribution is -2.34. The van der Waals surface area contributed by atoms with Crippen LogP contribution in [0.5, 0.6) is 5.75 Å². The molecule has 1 fully saturated rings. The highest BCUT2D eigenvalue weighted by Crippen LogP contribution is 2.28. The summed E-state index contributed by atoms with van der Waals surface area (Å²) in [4.78, 5) is 0.357. The van der Waals surface area contributed by atoms with Crippen molar-refractivity contribution >= 4 is 10.0 Å². The molecule has 0 unspecified atom stereocenters. The normalized spacial score (nSPS) is 17.8. The zero-order valence-corrected chi connectivity index (χ0v) is 13.1. The first kappa shape index (κ1) is 15.3. The Balaban J connectivity index is 2.38. The second-order valence-corrected chi connectivity index (χ2v) is 7.04. The Morgan fingerprint density at radius 1 is 1.15 bits per heavy atom. The van der Waals surface area contributed by atoms with Gasteiger partial charge in [-0.05, 0) is 50.1 Å². The molecule has 0 atom stereocenters. The number of rotatable bonds is 3. The maximum atomic E-state index is 12.7.